The van der Waals surface area contributed by atoms with Gasteiger partial charge in [0.05, 0.1) is 17.2 Å². The van der Waals surface area contributed by atoms with Crippen LogP contribution < -0.4 is 5.32 Å². The van der Waals surface area contributed by atoms with Gasteiger partial charge in [0.25, 0.3) is 5.91 Å². The molecule has 0 saturated carbocycles. The number of carbonyl (C=O) groups is 2. The van der Waals surface area contributed by atoms with Crippen molar-refractivity contribution in [1.82, 2.24) is 4.98 Å². The Bertz CT molecular complexity index is 720. The number of rotatable bonds is 4. The summed E-state index contributed by atoms with van der Waals surface area (Å²) in [5, 5.41) is 3.18. The molecule has 0 aliphatic heterocycles. The summed E-state index contributed by atoms with van der Waals surface area (Å²) in [6.07, 6.45) is 1.46. The van der Waals surface area contributed by atoms with Crippen molar-refractivity contribution in [2.45, 2.75) is 6.92 Å². The van der Waals surface area contributed by atoms with E-state index in [1.165, 1.54) is 24.4 Å². The third-order valence-corrected chi connectivity index (χ3v) is 3.26. The molecule has 0 unspecified atom stereocenters. The largest absolute Gasteiger partial charge is 0.462 e. The van der Waals surface area contributed by atoms with E-state index in [9.17, 15) is 9.59 Å². The molecule has 7 heteroatoms. The molecule has 5 nitrogen and oxygen atoms in total. The molecular weight excluding hydrogens is 327 g/mol. The smallest absolute Gasteiger partial charge is 0.341 e. The number of hydrogen-bond donors (Lipinski definition) is 1. The van der Waals surface area contributed by atoms with Crippen LogP contribution in [-0.4, -0.2) is 23.5 Å². The SMILES string of the molecule is CCOC(=O)c1cccnc1NC(=O)c1ccc(Cl)cc1Cl. The molecule has 0 bridgehead atoms. The summed E-state index contributed by atoms with van der Waals surface area (Å²) in [5.41, 5.74) is 0.398. The standard InChI is InChI=1S/C15H12Cl2N2O3/c1-2-22-15(21)11-4-3-7-18-13(11)19-14(20)10-6-5-9(16)8-12(10)17/h3-8H,2H2,1H3,(H,18,19,20). The van der Waals surface area contributed by atoms with E-state index >= 15 is 0 Å². The van der Waals surface area contributed by atoms with E-state index in [-0.39, 0.29) is 28.6 Å². The molecule has 2 rings (SSSR count). The predicted octanol–water partition coefficient (Wildman–Crippen LogP) is 3.82. The van der Waals surface area contributed by atoms with Gasteiger partial charge in [0, 0.05) is 11.2 Å². The number of amides is 1. The van der Waals surface area contributed by atoms with Crippen LogP contribution in [0.15, 0.2) is 36.5 Å². The zero-order chi connectivity index (χ0) is 16.1. The number of nitrogens with one attached hydrogen (secondary N) is 1. The van der Waals surface area contributed by atoms with Crippen LogP contribution in [0.3, 0.4) is 0 Å². The van der Waals surface area contributed by atoms with Crippen molar-refractivity contribution in [2.24, 2.45) is 0 Å². The van der Waals surface area contributed by atoms with Crippen LogP contribution in [0.1, 0.15) is 27.6 Å². The second-order valence-corrected chi connectivity index (χ2v) is 5.04. The molecule has 1 heterocycles. The monoisotopic (exact) mass is 338 g/mol. The fraction of sp³-hybridized carbons (Fsp3) is 0.133. The molecule has 0 aliphatic rings. The number of aromatic nitrogens is 1. The zero-order valence-electron chi connectivity index (χ0n) is 11.6. The average molecular weight is 339 g/mol. The first-order valence-electron chi connectivity index (χ1n) is 6.41. The van der Waals surface area contributed by atoms with E-state index in [1.807, 2.05) is 0 Å². The third-order valence-electron chi connectivity index (χ3n) is 2.71. The summed E-state index contributed by atoms with van der Waals surface area (Å²) in [5.74, 6) is -0.948. The van der Waals surface area contributed by atoms with Gasteiger partial charge < -0.3 is 10.1 Å². The van der Waals surface area contributed by atoms with Crippen molar-refractivity contribution in [1.29, 1.82) is 0 Å². The molecule has 0 spiro atoms. The van der Waals surface area contributed by atoms with Gasteiger partial charge in [0.2, 0.25) is 0 Å². The summed E-state index contributed by atoms with van der Waals surface area (Å²) in [4.78, 5) is 28.1. The van der Waals surface area contributed by atoms with Gasteiger partial charge in [0.1, 0.15) is 11.4 Å². The Balaban J connectivity index is 2.27. The highest BCUT2D eigenvalue weighted by atomic mass is 35.5. The van der Waals surface area contributed by atoms with E-state index in [0.717, 1.165) is 0 Å². The number of ether oxygens (including phenoxy) is 1. The second kappa shape index (κ2) is 7.24. The second-order valence-electron chi connectivity index (χ2n) is 4.20. The van der Waals surface area contributed by atoms with Crippen LogP contribution in [0.5, 0.6) is 0 Å². The lowest BCUT2D eigenvalue weighted by molar-refractivity contribution is 0.0527. The van der Waals surface area contributed by atoms with E-state index in [0.29, 0.717) is 5.02 Å². The Morgan fingerprint density at radius 1 is 1.23 bits per heavy atom. The number of benzene rings is 1. The summed E-state index contributed by atoms with van der Waals surface area (Å²) in [6, 6.07) is 7.60. The molecule has 1 aromatic carbocycles. The molecule has 22 heavy (non-hydrogen) atoms. The molecule has 1 N–H and O–H groups in total. The quantitative estimate of drug-likeness (QED) is 0.860. The highest BCUT2D eigenvalue weighted by Crippen LogP contribution is 2.22. The molecule has 0 fully saturated rings. The molecule has 1 aromatic heterocycles. The molecule has 114 valence electrons. The summed E-state index contributed by atoms with van der Waals surface area (Å²) >= 11 is 11.8. The average Bonchev–Trinajstić information content (AvgIpc) is 2.47. The van der Waals surface area contributed by atoms with E-state index < -0.39 is 11.9 Å². The van der Waals surface area contributed by atoms with Crippen molar-refractivity contribution in [3.8, 4) is 0 Å². The number of esters is 1. The number of anilines is 1. The van der Waals surface area contributed by atoms with E-state index in [4.69, 9.17) is 27.9 Å². The van der Waals surface area contributed by atoms with Crippen molar-refractivity contribution in [3.05, 3.63) is 57.7 Å². The maximum Gasteiger partial charge on any atom is 0.341 e. The first-order chi connectivity index (χ1) is 10.5. The minimum Gasteiger partial charge on any atom is -0.462 e. The van der Waals surface area contributed by atoms with Gasteiger partial charge in [-0.05, 0) is 37.3 Å². The molecular formula is C15H12Cl2N2O3. The summed E-state index contributed by atoms with van der Waals surface area (Å²) < 4.78 is 4.92. The minimum atomic E-state index is -0.562. The highest BCUT2D eigenvalue weighted by molar-refractivity contribution is 6.37. The lowest BCUT2D eigenvalue weighted by atomic mass is 10.2. The fourth-order valence-electron chi connectivity index (χ4n) is 1.73. The van der Waals surface area contributed by atoms with Crippen LogP contribution >= 0.6 is 23.2 Å². The van der Waals surface area contributed by atoms with Gasteiger partial charge in [-0.1, -0.05) is 23.2 Å². The molecule has 2 aromatic rings. The zero-order valence-corrected chi connectivity index (χ0v) is 13.1. The van der Waals surface area contributed by atoms with Gasteiger partial charge in [-0.25, -0.2) is 9.78 Å². The molecule has 0 radical (unpaired) electrons. The topological polar surface area (TPSA) is 68.3 Å². The molecule has 0 saturated heterocycles. The predicted molar refractivity (Wildman–Crippen MR) is 84.6 cm³/mol. The van der Waals surface area contributed by atoms with Crippen molar-refractivity contribution < 1.29 is 14.3 Å². The highest BCUT2D eigenvalue weighted by Gasteiger charge is 2.17. The number of hydrogen-bond acceptors (Lipinski definition) is 4. The van der Waals surface area contributed by atoms with Gasteiger partial charge in [-0.15, -0.1) is 0 Å². The van der Waals surface area contributed by atoms with Crippen molar-refractivity contribution in [2.75, 3.05) is 11.9 Å². The fourth-order valence-corrected chi connectivity index (χ4v) is 2.22. The van der Waals surface area contributed by atoms with Gasteiger partial charge in [0.15, 0.2) is 0 Å². The molecule has 1 amide bonds. The van der Waals surface area contributed by atoms with Crippen LogP contribution in [0.2, 0.25) is 10.0 Å². The number of carbonyl (C=O) groups excluding carboxylic acids is 2. The lowest BCUT2D eigenvalue weighted by Gasteiger charge is -2.10. The third kappa shape index (κ3) is 3.75. The van der Waals surface area contributed by atoms with Gasteiger partial charge in [-0.3, -0.25) is 4.79 Å². The number of pyridine rings is 1. The Hall–Kier alpha value is -2.11. The Morgan fingerprint density at radius 2 is 2.00 bits per heavy atom. The maximum atomic E-state index is 12.2. The van der Waals surface area contributed by atoms with Crippen molar-refractivity contribution >= 4 is 40.9 Å². The van der Waals surface area contributed by atoms with E-state index in [1.54, 1.807) is 19.1 Å². The Labute approximate surface area is 137 Å². The Kier molecular flexibility index (Phi) is 5.35. The normalized spacial score (nSPS) is 10.1. The summed E-state index contributed by atoms with van der Waals surface area (Å²) in [6.45, 7) is 1.92. The maximum absolute atomic E-state index is 12.2. The van der Waals surface area contributed by atoms with Crippen LogP contribution in [0.25, 0.3) is 0 Å². The molecule has 0 aliphatic carbocycles. The van der Waals surface area contributed by atoms with Gasteiger partial charge >= 0.3 is 5.97 Å². The number of halogens is 2. The first kappa shape index (κ1) is 16.3. The van der Waals surface area contributed by atoms with Crippen LogP contribution in [0.4, 0.5) is 5.82 Å². The Morgan fingerprint density at radius 3 is 2.68 bits per heavy atom. The minimum absolute atomic E-state index is 0.108. The molecule has 0 atom stereocenters. The van der Waals surface area contributed by atoms with Crippen LogP contribution in [0, 0.1) is 0 Å². The number of nitrogens with zero attached hydrogens (tertiary/aromatic N) is 1. The summed E-state index contributed by atoms with van der Waals surface area (Å²) in [7, 11) is 0. The van der Waals surface area contributed by atoms with E-state index in [2.05, 4.69) is 10.3 Å². The van der Waals surface area contributed by atoms with Crippen molar-refractivity contribution in [3.63, 3.8) is 0 Å². The van der Waals surface area contributed by atoms with Crippen LogP contribution in [-0.2, 0) is 4.74 Å². The lowest BCUT2D eigenvalue weighted by Crippen LogP contribution is -2.17. The first-order valence-corrected chi connectivity index (χ1v) is 7.17. The van der Waals surface area contributed by atoms with Gasteiger partial charge in [-0.2, -0.15) is 0 Å².